The number of pyridine rings is 2. The maximum Gasteiger partial charge on any atom is 0.256 e. The third-order valence-electron chi connectivity index (χ3n) is 6.71. The summed E-state index contributed by atoms with van der Waals surface area (Å²) >= 11 is 0. The zero-order valence-electron chi connectivity index (χ0n) is 17.2. The molecule has 2 amide bonds. The highest BCUT2D eigenvalue weighted by Gasteiger charge is 2.36. The monoisotopic (exact) mass is 406 g/mol. The molecule has 3 aliphatic heterocycles. The molecule has 0 aromatic carbocycles. The van der Waals surface area contributed by atoms with Crippen LogP contribution in [0.25, 0.3) is 11.3 Å². The van der Waals surface area contributed by atoms with Crippen LogP contribution in [0.4, 0.5) is 0 Å². The second-order valence-electron chi connectivity index (χ2n) is 8.74. The number of carbonyl (C=O) groups is 2. The van der Waals surface area contributed by atoms with E-state index in [0.717, 1.165) is 38.0 Å². The standard InChI is InChI=1S/C23H26N4O3/c1-15(28)26-12-16-9-18(14-26)20-10-17(11-21(29)27(20)13-16)22-19(5-4-6-24-22)23(30)25-7-2-3-8-25/h4-6,10-11,16,18H,2-3,7-9,12-14H2,1H3/t16-,18+/m0/s1. The molecule has 0 N–H and O–H groups in total. The summed E-state index contributed by atoms with van der Waals surface area (Å²) in [4.78, 5) is 46.3. The summed E-state index contributed by atoms with van der Waals surface area (Å²) < 4.78 is 1.85. The van der Waals surface area contributed by atoms with E-state index in [0.29, 0.717) is 42.4 Å². The molecule has 3 aliphatic rings. The van der Waals surface area contributed by atoms with Crippen LogP contribution in [0.2, 0.25) is 0 Å². The van der Waals surface area contributed by atoms with E-state index in [1.165, 1.54) is 0 Å². The first-order valence-electron chi connectivity index (χ1n) is 10.8. The summed E-state index contributed by atoms with van der Waals surface area (Å²) in [5.74, 6) is 0.509. The van der Waals surface area contributed by atoms with Crippen LogP contribution in [0.3, 0.4) is 0 Å². The maximum atomic E-state index is 13.1. The smallest absolute Gasteiger partial charge is 0.256 e. The van der Waals surface area contributed by atoms with Gasteiger partial charge in [0.25, 0.3) is 11.5 Å². The second-order valence-corrected chi connectivity index (χ2v) is 8.74. The predicted molar refractivity (Wildman–Crippen MR) is 112 cm³/mol. The Hall–Kier alpha value is -2.96. The molecule has 0 aliphatic carbocycles. The third-order valence-corrected chi connectivity index (χ3v) is 6.71. The topological polar surface area (TPSA) is 75.5 Å². The molecule has 5 rings (SSSR count). The largest absolute Gasteiger partial charge is 0.342 e. The lowest BCUT2D eigenvalue weighted by Crippen LogP contribution is -2.48. The number of amides is 2. The van der Waals surface area contributed by atoms with Crippen molar-refractivity contribution < 1.29 is 9.59 Å². The Kier molecular flexibility index (Phi) is 4.68. The molecule has 2 atom stereocenters. The lowest BCUT2D eigenvalue weighted by molar-refractivity contribution is -0.131. The van der Waals surface area contributed by atoms with E-state index in [-0.39, 0.29) is 23.3 Å². The van der Waals surface area contributed by atoms with Crippen LogP contribution in [0, 0.1) is 5.92 Å². The molecule has 7 nitrogen and oxygen atoms in total. The molecule has 0 unspecified atom stereocenters. The van der Waals surface area contributed by atoms with Crippen molar-refractivity contribution in [1.82, 2.24) is 19.4 Å². The van der Waals surface area contributed by atoms with Gasteiger partial charge < -0.3 is 14.4 Å². The molecule has 2 aromatic heterocycles. The van der Waals surface area contributed by atoms with Crippen LogP contribution in [-0.4, -0.2) is 57.3 Å². The number of likely N-dealkylation sites (tertiary alicyclic amines) is 2. The number of nitrogens with zero attached hydrogens (tertiary/aromatic N) is 4. The summed E-state index contributed by atoms with van der Waals surface area (Å²) in [5.41, 5.74) is 2.69. The van der Waals surface area contributed by atoms with Crippen molar-refractivity contribution >= 4 is 11.8 Å². The Balaban J connectivity index is 1.56. The van der Waals surface area contributed by atoms with Crippen LogP contribution in [-0.2, 0) is 11.3 Å². The van der Waals surface area contributed by atoms with Gasteiger partial charge in [0.15, 0.2) is 0 Å². The summed E-state index contributed by atoms with van der Waals surface area (Å²) in [6.45, 7) is 5.13. The molecule has 7 heteroatoms. The van der Waals surface area contributed by atoms with Crippen molar-refractivity contribution in [1.29, 1.82) is 0 Å². The average Bonchev–Trinajstić information content (AvgIpc) is 3.28. The molecule has 2 aromatic rings. The molecule has 0 spiro atoms. The van der Waals surface area contributed by atoms with E-state index in [1.54, 1.807) is 31.3 Å². The van der Waals surface area contributed by atoms with Gasteiger partial charge >= 0.3 is 0 Å². The fourth-order valence-corrected chi connectivity index (χ4v) is 5.25. The normalized spacial score (nSPS) is 22.7. The fourth-order valence-electron chi connectivity index (χ4n) is 5.25. The van der Waals surface area contributed by atoms with Crippen molar-refractivity contribution in [2.45, 2.75) is 38.6 Å². The van der Waals surface area contributed by atoms with Crippen LogP contribution >= 0.6 is 0 Å². The maximum absolute atomic E-state index is 13.1. The molecule has 5 heterocycles. The summed E-state index contributed by atoms with van der Waals surface area (Å²) in [5, 5.41) is 0. The van der Waals surface area contributed by atoms with Gasteiger partial charge in [-0.15, -0.1) is 0 Å². The van der Waals surface area contributed by atoms with Gasteiger partial charge in [0, 0.05) is 69.1 Å². The minimum absolute atomic E-state index is 0.0195. The number of rotatable bonds is 2. The highest BCUT2D eigenvalue weighted by molar-refractivity contribution is 6.00. The number of fused-ring (bicyclic) bond motifs is 4. The van der Waals surface area contributed by atoms with Crippen LogP contribution in [0.15, 0.2) is 35.3 Å². The second kappa shape index (κ2) is 7.38. The van der Waals surface area contributed by atoms with E-state index in [2.05, 4.69) is 4.98 Å². The molecule has 2 fully saturated rings. The van der Waals surface area contributed by atoms with Gasteiger partial charge in [-0.05, 0) is 43.4 Å². The molecular weight excluding hydrogens is 380 g/mol. The van der Waals surface area contributed by atoms with E-state index < -0.39 is 0 Å². The Morgan fingerprint density at radius 3 is 2.63 bits per heavy atom. The SMILES string of the molecule is CC(=O)N1C[C@@H]2C[C@H](C1)c1cc(-c3ncccc3C(=O)N3CCCC3)cc(=O)n1C2. The number of aromatic nitrogens is 2. The van der Waals surface area contributed by atoms with Gasteiger partial charge in [-0.2, -0.15) is 0 Å². The number of hydrogen-bond donors (Lipinski definition) is 0. The van der Waals surface area contributed by atoms with Crippen molar-refractivity contribution in [3.8, 4) is 11.3 Å². The van der Waals surface area contributed by atoms with Crippen molar-refractivity contribution in [2.75, 3.05) is 26.2 Å². The van der Waals surface area contributed by atoms with E-state index in [4.69, 9.17) is 0 Å². The summed E-state index contributed by atoms with van der Waals surface area (Å²) in [6, 6.07) is 7.19. The molecular formula is C23H26N4O3. The highest BCUT2D eigenvalue weighted by Crippen LogP contribution is 2.36. The van der Waals surface area contributed by atoms with Gasteiger partial charge in [0.05, 0.1) is 11.3 Å². The zero-order chi connectivity index (χ0) is 20.8. The zero-order valence-corrected chi connectivity index (χ0v) is 17.2. The van der Waals surface area contributed by atoms with E-state index >= 15 is 0 Å². The summed E-state index contributed by atoms with van der Waals surface area (Å²) in [6.07, 6.45) is 4.70. The highest BCUT2D eigenvalue weighted by atomic mass is 16.2. The molecule has 30 heavy (non-hydrogen) atoms. The first-order valence-corrected chi connectivity index (χ1v) is 10.8. The predicted octanol–water partition coefficient (Wildman–Crippen LogP) is 2.11. The van der Waals surface area contributed by atoms with Crippen molar-refractivity contribution in [3.63, 3.8) is 0 Å². The Morgan fingerprint density at radius 1 is 1.07 bits per heavy atom. The lowest BCUT2D eigenvalue weighted by Gasteiger charge is -2.42. The average molecular weight is 406 g/mol. The van der Waals surface area contributed by atoms with Crippen molar-refractivity contribution in [2.24, 2.45) is 5.92 Å². The first-order chi connectivity index (χ1) is 14.5. The summed E-state index contributed by atoms with van der Waals surface area (Å²) in [7, 11) is 0. The van der Waals surface area contributed by atoms with E-state index in [1.807, 2.05) is 20.4 Å². The first kappa shape index (κ1) is 19.0. The fraction of sp³-hybridized carbons (Fsp3) is 0.478. The lowest BCUT2D eigenvalue weighted by atomic mass is 9.82. The molecule has 2 saturated heterocycles. The number of carbonyl (C=O) groups excluding carboxylic acids is 2. The van der Waals surface area contributed by atoms with Gasteiger partial charge in [0.1, 0.15) is 0 Å². The minimum Gasteiger partial charge on any atom is -0.342 e. The van der Waals surface area contributed by atoms with Gasteiger partial charge in [0.2, 0.25) is 5.91 Å². The van der Waals surface area contributed by atoms with Crippen LogP contribution < -0.4 is 5.56 Å². The van der Waals surface area contributed by atoms with Gasteiger partial charge in [-0.3, -0.25) is 19.4 Å². The Labute approximate surface area is 175 Å². The molecule has 156 valence electrons. The number of piperidine rings is 1. The van der Waals surface area contributed by atoms with Crippen LogP contribution in [0.5, 0.6) is 0 Å². The third kappa shape index (κ3) is 3.22. The van der Waals surface area contributed by atoms with Gasteiger partial charge in [-0.1, -0.05) is 0 Å². The minimum atomic E-state index is -0.0568. The van der Waals surface area contributed by atoms with E-state index in [9.17, 15) is 14.4 Å². The Morgan fingerprint density at radius 2 is 1.87 bits per heavy atom. The Bertz CT molecular complexity index is 1070. The van der Waals surface area contributed by atoms with Crippen molar-refractivity contribution in [3.05, 3.63) is 52.1 Å². The van der Waals surface area contributed by atoms with Gasteiger partial charge in [-0.25, -0.2) is 0 Å². The molecule has 2 bridgehead atoms. The van der Waals surface area contributed by atoms with Crippen LogP contribution in [0.1, 0.15) is 48.2 Å². The molecule has 0 saturated carbocycles. The quantitative estimate of drug-likeness (QED) is 0.766. The molecule has 0 radical (unpaired) electrons. The number of hydrogen-bond acceptors (Lipinski definition) is 4.